The van der Waals surface area contributed by atoms with E-state index in [2.05, 4.69) is 9.97 Å². The number of benzene rings is 2. The Hall–Kier alpha value is -2.93. The highest BCUT2D eigenvalue weighted by Gasteiger charge is 2.14. The molecule has 0 fully saturated rings. The first-order valence-corrected chi connectivity index (χ1v) is 9.04. The van der Waals surface area contributed by atoms with Gasteiger partial charge in [-0.2, -0.15) is 8.42 Å². The summed E-state index contributed by atoms with van der Waals surface area (Å²) >= 11 is 0. The topological polar surface area (TPSA) is 73.6 Å². The maximum Gasteiger partial charge on any atom is 0.306 e. The van der Waals surface area contributed by atoms with Crippen molar-refractivity contribution >= 4 is 26.7 Å². The molecule has 0 bridgehead atoms. The fraction of sp³-hybridized carbons (Fsp3) is 0.0588. The summed E-state index contributed by atoms with van der Waals surface area (Å²) in [5.74, 6) is 0.909. The second kappa shape index (κ2) is 5.31. The lowest BCUT2D eigenvalue weighted by Gasteiger charge is -2.09. The standard InChI is InChI=1S/C17H13N3O3S/c1-24(21,22)23-16-8-7-13(12-5-2-3-6-14(12)16)15-11-20-10-4-9-18-17(20)19-15/h2-11H,1H3. The maximum atomic E-state index is 11.5. The fourth-order valence-corrected chi connectivity index (χ4v) is 3.16. The number of hydrogen-bond donors (Lipinski definition) is 0. The van der Waals surface area contributed by atoms with Gasteiger partial charge < -0.3 is 4.18 Å². The molecule has 0 N–H and O–H groups in total. The molecule has 0 amide bonds. The van der Waals surface area contributed by atoms with Gasteiger partial charge in [0.1, 0.15) is 5.75 Å². The summed E-state index contributed by atoms with van der Waals surface area (Å²) in [6.07, 6.45) is 6.49. The van der Waals surface area contributed by atoms with Crippen molar-refractivity contribution in [1.82, 2.24) is 14.4 Å². The van der Waals surface area contributed by atoms with Crippen LogP contribution in [0.5, 0.6) is 5.75 Å². The largest absolute Gasteiger partial charge is 0.382 e. The molecule has 6 nitrogen and oxygen atoms in total. The second-order valence-electron chi connectivity index (χ2n) is 5.40. The third kappa shape index (κ3) is 2.59. The van der Waals surface area contributed by atoms with Crippen LogP contribution in [0.4, 0.5) is 0 Å². The summed E-state index contributed by atoms with van der Waals surface area (Å²) in [6.45, 7) is 0. The SMILES string of the molecule is CS(=O)(=O)Oc1ccc(-c2cn3cccnc3n2)c2ccccc12. The second-order valence-corrected chi connectivity index (χ2v) is 6.97. The third-order valence-corrected chi connectivity index (χ3v) is 4.12. The van der Waals surface area contributed by atoms with Gasteiger partial charge in [0, 0.05) is 29.5 Å². The lowest BCUT2D eigenvalue weighted by atomic mass is 10.0. The molecule has 0 saturated carbocycles. The van der Waals surface area contributed by atoms with Gasteiger partial charge >= 0.3 is 10.1 Å². The van der Waals surface area contributed by atoms with Crippen molar-refractivity contribution < 1.29 is 12.6 Å². The van der Waals surface area contributed by atoms with E-state index in [9.17, 15) is 8.42 Å². The Morgan fingerprint density at radius 2 is 1.83 bits per heavy atom. The molecule has 0 atom stereocenters. The summed E-state index contributed by atoms with van der Waals surface area (Å²) in [5, 5.41) is 1.58. The van der Waals surface area contributed by atoms with Crippen molar-refractivity contribution in [3.05, 3.63) is 61.1 Å². The Labute approximate surface area is 138 Å². The summed E-state index contributed by atoms with van der Waals surface area (Å²) in [6, 6.07) is 12.8. The minimum atomic E-state index is -3.60. The highest BCUT2D eigenvalue weighted by Crippen LogP contribution is 2.34. The molecule has 7 heteroatoms. The fourth-order valence-electron chi connectivity index (χ4n) is 2.69. The molecular formula is C17H13N3O3S. The number of hydrogen-bond acceptors (Lipinski definition) is 5. The molecule has 2 aromatic heterocycles. The lowest BCUT2D eigenvalue weighted by molar-refractivity contribution is 0.496. The average Bonchev–Trinajstić information content (AvgIpc) is 2.97. The lowest BCUT2D eigenvalue weighted by Crippen LogP contribution is -2.06. The minimum Gasteiger partial charge on any atom is -0.382 e. The predicted octanol–water partition coefficient (Wildman–Crippen LogP) is 2.89. The van der Waals surface area contributed by atoms with Crippen LogP contribution in [0.15, 0.2) is 61.1 Å². The number of imidazole rings is 1. The Bertz CT molecular complexity index is 1130. The van der Waals surface area contributed by atoms with Crippen LogP contribution >= 0.6 is 0 Å². The molecule has 0 aliphatic carbocycles. The van der Waals surface area contributed by atoms with Gasteiger partial charge in [-0.25, -0.2) is 9.97 Å². The average molecular weight is 339 g/mol. The molecule has 24 heavy (non-hydrogen) atoms. The van der Waals surface area contributed by atoms with Crippen LogP contribution in [0.2, 0.25) is 0 Å². The van der Waals surface area contributed by atoms with Gasteiger partial charge in [0.05, 0.1) is 11.9 Å². The van der Waals surface area contributed by atoms with E-state index >= 15 is 0 Å². The Kier molecular flexibility index (Phi) is 3.24. The maximum absolute atomic E-state index is 11.5. The zero-order valence-electron chi connectivity index (χ0n) is 12.7. The molecular weight excluding hydrogens is 326 g/mol. The van der Waals surface area contributed by atoms with Crippen LogP contribution in [0, 0.1) is 0 Å². The molecule has 0 unspecified atom stereocenters. The first-order valence-electron chi connectivity index (χ1n) is 7.22. The van der Waals surface area contributed by atoms with Crippen LogP contribution in [-0.4, -0.2) is 29.0 Å². The molecule has 2 aromatic carbocycles. The van der Waals surface area contributed by atoms with Crippen LogP contribution in [-0.2, 0) is 10.1 Å². The molecule has 120 valence electrons. The van der Waals surface area contributed by atoms with Crippen LogP contribution in [0.25, 0.3) is 27.8 Å². The van der Waals surface area contributed by atoms with E-state index in [4.69, 9.17) is 4.18 Å². The monoisotopic (exact) mass is 339 g/mol. The number of nitrogens with zero attached hydrogens (tertiary/aromatic N) is 3. The first kappa shape index (κ1) is 14.6. The Morgan fingerprint density at radius 3 is 2.58 bits per heavy atom. The Balaban J connectivity index is 1.95. The van der Waals surface area contributed by atoms with Gasteiger partial charge in [0.25, 0.3) is 0 Å². The van der Waals surface area contributed by atoms with Crippen LogP contribution < -0.4 is 4.18 Å². The molecule has 4 aromatic rings. The number of rotatable bonds is 3. The van der Waals surface area contributed by atoms with Crippen molar-refractivity contribution in [2.24, 2.45) is 0 Å². The van der Waals surface area contributed by atoms with E-state index < -0.39 is 10.1 Å². The van der Waals surface area contributed by atoms with Gasteiger partial charge in [-0.15, -0.1) is 0 Å². The molecule has 2 heterocycles. The molecule has 4 rings (SSSR count). The van der Waals surface area contributed by atoms with Crippen LogP contribution in [0.3, 0.4) is 0 Å². The first-order chi connectivity index (χ1) is 11.5. The van der Waals surface area contributed by atoms with Gasteiger partial charge in [0.2, 0.25) is 5.78 Å². The number of aromatic nitrogens is 3. The van der Waals surface area contributed by atoms with Crippen molar-refractivity contribution in [3.8, 4) is 17.0 Å². The molecule has 0 aliphatic rings. The van der Waals surface area contributed by atoms with Crippen molar-refractivity contribution in [2.45, 2.75) is 0 Å². The van der Waals surface area contributed by atoms with E-state index in [1.807, 2.05) is 53.2 Å². The van der Waals surface area contributed by atoms with Crippen molar-refractivity contribution in [1.29, 1.82) is 0 Å². The minimum absolute atomic E-state index is 0.304. The van der Waals surface area contributed by atoms with E-state index in [0.29, 0.717) is 16.9 Å². The third-order valence-electron chi connectivity index (χ3n) is 3.64. The summed E-state index contributed by atoms with van der Waals surface area (Å²) in [7, 11) is -3.60. The van der Waals surface area contributed by atoms with Crippen LogP contribution in [0.1, 0.15) is 0 Å². The molecule has 0 saturated heterocycles. The van der Waals surface area contributed by atoms with E-state index in [1.165, 1.54) is 0 Å². The number of fused-ring (bicyclic) bond motifs is 2. The predicted molar refractivity (Wildman–Crippen MR) is 91.4 cm³/mol. The smallest absolute Gasteiger partial charge is 0.306 e. The Morgan fingerprint density at radius 1 is 1.04 bits per heavy atom. The quantitative estimate of drug-likeness (QED) is 0.537. The molecule has 0 spiro atoms. The van der Waals surface area contributed by atoms with Crippen molar-refractivity contribution in [2.75, 3.05) is 6.26 Å². The highest BCUT2D eigenvalue weighted by molar-refractivity contribution is 7.86. The van der Waals surface area contributed by atoms with Gasteiger partial charge in [-0.3, -0.25) is 4.40 Å². The zero-order valence-corrected chi connectivity index (χ0v) is 13.6. The van der Waals surface area contributed by atoms with E-state index in [0.717, 1.165) is 22.9 Å². The zero-order chi connectivity index (χ0) is 16.7. The van der Waals surface area contributed by atoms with Gasteiger partial charge in [-0.05, 0) is 23.6 Å². The summed E-state index contributed by atoms with van der Waals surface area (Å²) in [5.41, 5.74) is 1.65. The molecule has 0 radical (unpaired) electrons. The summed E-state index contributed by atoms with van der Waals surface area (Å²) in [4.78, 5) is 8.75. The summed E-state index contributed by atoms with van der Waals surface area (Å²) < 4.78 is 29.9. The normalized spacial score (nSPS) is 11.9. The highest BCUT2D eigenvalue weighted by atomic mass is 32.2. The van der Waals surface area contributed by atoms with Crippen molar-refractivity contribution in [3.63, 3.8) is 0 Å². The molecule has 0 aliphatic heterocycles. The van der Waals surface area contributed by atoms with E-state index in [1.54, 1.807) is 12.3 Å². The van der Waals surface area contributed by atoms with Gasteiger partial charge in [-0.1, -0.05) is 24.3 Å². The van der Waals surface area contributed by atoms with Gasteiger partial charge in [0.15, 0.2) is 0 Å². The van der Waals surface area contributed by atoms with E-state index in [-0.39, 0.29) is 0 Å².